The third-order valence-corrected chi connectivity index (χ3v) is 8.15. The molecule has 2 aromatic carbocycles. The van der Waals surface area contributed by atoms with Crippen molar-refractivity contribution >= 4 is 69.1 Å². The van der Waals surface area contributed by atoms with Gasteiger partial charge in [-0.3, -0.25) is 10.3 Å². The second-order valence-corrected chi connectivity index (χ2v) is 12.3. The van der Waals surface area contributed by atoms with Gasteiger partial charge in [0, 0.05) is 11.4 Å². The number of nitrogens with zero attached hydrogens (tertiary/aromatic N) is 2. The number of amides is 1. The summed E-state index contributed by atoms with van der Waals surface area (Å²) in [7, 11) is 1.64. The molecule has 0 saturated carbocycles. The smallest absolute Gasteiger partial charge is 0.411 e. The molecule has 0 aliphatic carbocycles. The number of thioether (sulfide) groups is 1. The minimum atomic E-state index is -0.954. The first-order valence-electron chi connectivity index (χ1n) is 12.6. The SMILES string of the molecule is CC(C)C[C@@H](O[B]c1ccc(COC(=O)Nc2ccc3nc(C4=N[C@@H](C(=O)O)CS4)sc3c2)cc1)C(C)(C)O. The molecule has 2 heterocycles. The maximum Gasteiger partial charge on any atom is 0.411 e. The number of aromatic nitrogens is 1. The Morgan fingerprint density at radius 3 is 2.59 bits per heavy atom. The van der Waals surface area contributed by atoms with E-state index in [9.17, 15) is 14.7 Å². The first kappa shape index (κ1) is 29.1. The lowest BCUT2D eigenvalue weighted by molar-refractivity contribution is -0.137. The van der Waals surface area contributed by atoms with E-state index in [-0.39, 0.29) is 12.7 Å². The number of benzene rings is 2. The molecule has 3 N–H and O–H groups in total. The highest BCUT2D eigenvalue weighted by Gasteiger charge is 2.28. The molecule has 39 heavy (non-hydrogen) atoms. The second kappa shape index (κ2) is 12.5. The van der Waals surface area contributed by atoms with Crippen molar-refractivity contribution in [1.82, 2.24) is 4.98 Å². The highest BCUT2D eigenvalue weighted by atomic mass is 32.2. The molecule has 4 rings (SSSR count). The molecule has 1 aliphatic heterocycles. The Bertz CT molecular complexity index is 1350. The van der Waals surface area contributed by atoms with Crippen LogP contribution < -0.4 is 10.8 Å². The predicted molar refractivity (Wildman–Crippen MR) is 156 cm³/mol. The number of hydrogen-bond donors (Lipinski definition) is 3. The maximum atomic E-state index is 12.4. The van der Waals surface area contributed by atoms with Gasteiger partial charge < -0.3 is 19.6 Å². The molecular weight excluding hydrogens is 537 g/mol. The average Bonchev–Trinajstić information content (AvgIpc) is 3.52. The first-order chi connectivity index (χ1) is 18.5. The summed E-state index contributed by atoms with van der Waals surface area (Å²) in [6.45, 7) is 7.77. The quantitative estimate of drug-likeness (QED) is 0.290. The van der Waals surface area contributed by atoms with Gasteiger partial charge in [0.05, 0.1) is 21.9 Å². The fourth-order valence-corrected chi connectivity index (χ4v) is 5.91. The Kier molecular flexibility index (Phi) is 9.32. The number of ether oxygens (including phenoxy) is 1. The number of nitrogens with one attached hydrogen (secondary N) is 1. The number of thiazole rings is 1. The van der Waals surface area contributed by atoms with E-state index in [1.807, 2.05) is 24.3 Å². The monoisotopic (exact) mass is 568 g/mol. The molecule has 12 heteroatoms. The summed E-state index contributed by atoms with van der Waals surface area (Å²) in [6, 6.07) is 12.0. The summed E-state index contributed by atoms with van der Waals surface area (Å²) < 4.78 is 12.1. The molecule has 1 aliphatic rings. The normalized spacial score (nSPS) is 16.3. The molecule has 205 valence electrons. The van der Waals surface area contributed by atoms with Crippen LogP contribution in [-0.2, 0) is 20.8 Å². The van der Waals surface area contributed by atoms with Crippen LogP contribution in [0.15, 0.2) is 47.5 Å². The maximum absolute atomic E-state index is 12.4. The molecular formula is C27H31BN3O6S2. The van der Waals surface area contributed by atoms with Crippen molar-refractivity contribution in [3.05, 3.63) is 53.0 Å². The highest BCUT2D eigenvalue weighted by molar-refractivity contribution is 8.15. The van der Waals surface area contributed by atoms with E-state index in [1.54, 1.807) is 39.5 Å². The molecule has 1 radical (unpaired) electrons. The van der Waals surface area contributed by atoms with Crippen molar-refractivity contribution in [3.8, 4) is 0 Å². The predicted octanol–water partition coefficient (Wildman–Crippen LogP) is 4.44. The molecule has 0 spiro atoms. The molecule has 1 amide bonds. The van der Waals surface area contributed by atoms with Gasteiger partial charge in [0.1, 0.15) is 16.7 Å². The molecule has 3 aromatic rings. The zero-order valence-corrected chi connectivity index (χ0v) is 23.8. The lowest BCUT2D eigenvalue weighted by Crippen LogP contribution is -2.41. The summed E-state index contributed by atoms with van der Waals surface area (Å²) in [4.78, 5) is 32.3. The van der Waals surface area contributed by atoms with Crippen LogP contribution in [-0.4, -0.2) is 63.3 Å². The number of aliphatic imine (C=N–C) groups is 1. The minimum absolute atomic E-state index is 0.0986. The van der Waals surface area contributed by atoms with Crippen LogP contribution in [0.4, 0.5) is 10.5 Å². The standard InChI is InChI=1S/C27H31BN3O6S2/c1-15(2)11-22(27(3,4)35)37-28-17-7-5-16(6-8-17)13-36-26(34)29-18-9-10-19-21(12-18)39-24(30-19)23-31-20(14-38-23)25(32)33/h5-10,12,15,20,22,35H,11,13-14H2,1-4H3,(H,29,34)(H,32,33)/t20-,22-/m1/s1. The number of carbonyl (C=O) groups excluding carboxylic acids is 1. The number of aliphatic carboxylic acids is 1. The van der Waals surface area contributed by atoms with Crippen LogP contribution in [0.2, 0.25) is 0 Å². The van der Waals surface area contributed by atoms with Gasteiger partial charge in [-0.15, -0.1) is 23.1 Å². The number of carbonyl (C=O) groups is 2. The van der Waals surface area contributed by atoms with Gasteiger partial charge in [-0.2, -0.15) is 0 Å². The molecule has 0 bridgehead atoms. The van der Waals surface area contributed by atoms with E-state index >= 15 is 0 Å². The van der Waals surface area contributed by atoms with Gasteiger partial charge in [0.2, 0.25) is 0 Å². The summed E-state index contributed by atoms with van der Waals surface area (Å²) in [5.74, 6) is -0.153. The Morgan fingerprint density at radius 1 is 1.21 bits per heavy atom. The van der Waals surface area contributed by atoms with Crippen LogP contribution in [0.1, 0.15) is 44.7 Å². The number of rotatable bonds is 11. The zero-order chi connectivity index (χ0) is 28.2. The number of carboxylic acid groups (broad SMARTS) is 1. The highest BCUT2D eigenvalue weighted by Crippen LogP contribution is 2.31. The topological polar surface area (TPSA) is 130 Å². The Balaban J connectivity index is 1.28. The van der Waals surface area contributed by atoms with Gasteiger partial charge in [-0.05, 0) is 49.9 Å². The zero-order valence-electron chi connectivity index (χ0n) is 22.2. The van der Waals surface area contributed by atoms with Crippen LogP contribution in [0, 0.1) is 5.92 Å². The Labute approximate surface area is 236 Å². The average molecular weight is 569 g/mol. The van der Waals surface area contributed by atoms with E-state index in [2.05, 4.69) is 29.1 Å². The lowest BCUT2D eigenvalue weighted by atomic mass is 9.85. The summed E-state index contributed by atoms with van der Waals surface area (Å²) >= 11 is 2.78. The number of fused-ring (bicyclic) bond motifs is 1. The van der Waals surface area contributed by atoms with Crippen molar-refractivity contribution in [2.24, 2.45) is 10.9 Å². The van der Waals surface area contributed by atoms with Crippen molar-refractivity contribution in [1.29, 1.82) is 0 Å². The van der Waals surface area contributed by atoms with Gasteiger partial charge in [-0.25, -0.2) is 14.6 Å². The third kappa shape index (κ3) is 8.04. The molecule has 1 aromatic heterocycles. The summed E-state index contributed by atoms with van der Waals surface area (Å²) in [6.07, 6.45) is -0.168. The van der Waals surface area contributed by atoms with E-state index in [1.165, 1.54) is 23.1 Å². The largest absolute Gasteiger partial charge is 0.480 e. The van der Waals surface area contributed by atoms with Crippen molar-refractivity contribution < 1.29 is 29.2 Å². The molecule has 0 fully saturated rings. The summed E-state index contributed by atoms with van der Waals surface area (Å²) in [5, 5.41) is 23.6. The number of aliphatic hydroxyl groups is 1. The number of carboxylic acids is 1. The van der Waals surface area contributed by atoms with Crippen LogP contribution in [0.5, 0.6) is 0 Å². The van der Waals surface area contributed by atoms with Gasteiger partial charge in [-0.1, -0.05) is 43.6 Å². The third-order valence-electron chi connectivity index (χ3n) is 5.95. The molecule has 0 unspecified atom stereocenters. The fourth-order valence-electron chi connectivity index (χ4n) is 3.81. The number of hydrogen-bond acceptors (Lipinski definition) is 9. The first-order valence-corrected chi connectivity index (χ1v) is 14.4. The van der Waals surface area contributed by atoms with Crippen molar-refractivity contribution in [3.63, 3.8) is 0 Å². The van der Waals surface area contributed by atoms with Gasteiger partial charge >= 0.3 is 19.5 Å². The molecule has 2 atom stereocenters. The van der Waals surface area contributed by atoms with E-state index < -0.39 is 23.7 Å². The molecule has 9 nitrogen and oxygen atoms in total. The van der Waals surface area contributed by atoms with Crippen molar-refractivity contribution in [2.45, 2.75) is 58.5 Å². The van der Waals surface area contributed by atoms with Crippen LogP contribution in [0.25, 0.3) is 10.2 Å². The van der Waals surface area contributed by atoms with Crippen molar-refractivity contribution in [2.75, 3.05) is 11.1 Å². The fraction of sp³-hybridized carbons (Fsp3) is 0.407. The van der Waals surface area contributed by atoms with Crippen LogP contribution >= 0.6 is 23.1 Å². The van der Waals surface area contributed by atoms with E-state index in [0.717, 1.165) is 27.7 Å². The van der Waals surface area contributed by atoms with Gasteiger partial charge in [0.25, 0.3) is 0 Å². The number of anilines is 1. The van der Waals surface area contributed by atoms with E-state index in [4.69, 9.17) is 14.5 Å². The second-order valence-electron chi connectivity index (χ2n) is 10.3. The Hall–Kier alpha value is -2.93. The molecule has 0 saturated heterocycles. The Morgan fingerprint density at radius 2 is 1.95 bits per heavy atom. The summed E-state index contributed by atoms with van der Waals surface area (Å²) in [5.41, 5.74) is 2.02. The van der Waals surface area contributed by atoms with Gasteiger partial charge in [0.15, 0.2) is 6.04 Å². The van der Waals surface area contributed by atoms with Crippen LogP contribution in [0.3, 0.4) is 0 Å². The van der Waals surface area contributed by atoms with E-state index in [0.29, 0.717) is 27.4 Å². The lowest BCUT2D eigenvalue weighted by Gasteiger charge is -2.31. The minimum Gasteiger partial charge on any atom is -0.480 e.